The van der Waals surface area contributed by atoms with Crippen molar-refractivity contribution in [3.8, 4) is 0 Å². The summed E-state index contributed by atoms with van der Waals surface area (Å²) in [6.07, 6.45) is 2.32. The molecule has 1 aliphatic heterocycles. The highest BCUT2D eigenvalue weighted by Crippen LogP contribution is 2.26. The molecule has 1 saturated heterocycles. The molecule has 94 valence electrons. The van der Waals surface area contributed by atoms with E-state index in [1.807, 2.05) is 0 Å². The van der Waals surface area contributed by atoms with Gasteiger partial charge in [0.1, 0.15) is 0 Å². The summed E-state index contributed by atoms with van der Waals surface area (Å²) in [6.45, 7) is 3.97. The highest BCUT2D eigenvalue weighted by atomic mass is 16.5. The van der Waals surface area contributed by atoms with E-state index >= 15 is 0 Å². The van der Waals surface area contributed by atoms with E-state index in [2.05, 4.69) is 54.7 Å². The molecule has 2 aromatic carbocycles. The lowest BCUT2D eigenvalue weighted by molar-refractivity contribution is 0.0315. The normalized spacial score (nSPS) is 23.4. The Balaban J connectivity index is 1.74. The van der Waals surface area contributed by atoms with Crippen molar-refractivity contribution in [2.24, 2.45) is 0 Å². The smallest absolute Gasteiger partial charge is 0.0826 e. The third-order valence-corrected chi connectivity index (χ3v) is 3.72. The zero-order valence-corrected chi connectivity index (χ0v) is 10.8. The molecule has 1 N–H and O–H groups in total. The SMILES string of the molecule is CC1(CNc2ccc3ccccc3c2)CCCO1. The molecule has 1 unspecified atom stereocenters. The lowest BCUT2D eigenvalue weighted by atomic mass is 10.0. The van der Waals surface area contributed by atoms with E-state index in [1.54, 1.807) is 0 Å². The van der Waals surface area contributed by atoms with Crippen LogP contribution in [0, 0.1) is 0 Å². The van der Waals surface area contributed by atoms with Crippen LogP contribution < -0.4 is 5.32 Å². The number of ether oxygens (including phenoxy) is 1. The molecule has 18 heavy (non-hydrogen) atoms. The first-order valence-electron chi connectivity index (χ1n) is 6.62. The minimum atomic E-state index is 0.00560. The minimum absolute atomic E-state index is 0.00560. The largest absolute Gasteiger partial charge is 0.382 e. The fourth-order valence-corrected chi connectivity index (χ4v) is 2.56. The predicted molar refractivity (Wildman–Crippen MR) is 76.0 cm³/mol. The Bertz CT molecular complexity index is 544. The van der Waals surface area contributed by atoms with Gasteiger partial charge in [0.25, 0.3) is 0 Å². The summed E-state index contributed by atoms with van der Waals surface area (Å²) in [7, 11) is 0. The Morgan fingerprint density at radius 2 is 2.00 bits per heavy atom. The Kier molecular flexibility index (Phi) is 2.96. The molecule has 0 bridgehead atoms. The molecule has 0 spiro atoms. The number of benzene rings is 2. The summed E-state index contributed by atoms with van der Waals surface area (Å²) in [4.78, 5) is 0. The van der Waals surface area contributed by atoms with Crippen molar-refractivity contribution in [2.45, 2.75) is 25.4 Å². The number of nitrogens with one attached hydrogen (secondary N) is 1. The van der Waals surface area contributed by atoms with Crippen molar-refractivity contribution < 1.29 is 4.74 Å². The van der Waals surface area contributed by atoms with Gasteiger partial charge in [0, 0.05) is 18.8 Å². The second-order valence-corrected chi connectivity index (χ2v) is 5.32. The molecule has 0 saturated carbocycles. The zero-order chi connectivity index (χ0) is 12.4. The van der Waals surface area contributed by atoms with Crippen LogP contribution in [0.25, 0.3) is 10.8 Å². The number of fused-ring (bicyclic) bond motifs is 1. The van der Waals surface area contributed by atoms with Crippen molar-refractivity contribution in [3.05, 3.63) is 42.5 Å². The third kappa shape index (κ3) is 2.34. The fraction of sp³-hybridized carbons (Fsp3) is 0.375. The van der Waals surface area contributed by atoms with Crippen LogP contribution in [0.1, 0.15) is 19.8 Å². The average Bonchev–Trinajstić information content (AvgIpc) is 2.84. The molecule has 0 aliphatic carbocycles. The number of hydrogen-bond acceptors (Lipinski definition) is 2. The highest BCUT2D eigenvalue weighted by molar-refractivity contribution is 5.85. The van der Waals surface area contributed by atoms with Gasteiger partial charge in [-0.25, -0.2) is 0 Å². The van der Waals surface area contributed by atoms with E-state index in [0.717, 1.165) is 19.6 Å². The van der Waals surface area contributed by atoms with Crippen LogP contribution in [-0.4, -0.2) is 18.8 Å². The number of anilines is 1. The van der Waals surface area contributed by atoms with Gasteiger partial charge in [0.05, 0.1) is 5.60 Å². The zero-order valence-electron chi connectivity index (χ0n) is 10.8. The molecule has 1 atom stereocenters. The first-order chi connectivity index (χ1) is 8.75. The highest BCUT2D eigenvalue weighted by Gasteiger charge is 2.29. The summed E-state index contributed by atoms with van der Waals surface area (Å²) in [5.74, 6) is 0. The Morgan fingerprint density at radius 1 is 1.17 bits per heavy atom. The molecule has 1 aliphatic rings. The summed E-state index contributed by atoms with van der Waals surface area (Å²) in [5.41, 5.74) is 1.18. The van der Waals surface area contributed by atoms with Crippen LogP contribution in [0.3, 0.4) is 0 Å². The maximum atomic E-state index is 5.79. The molecule has 0 amide bonds. The number of hydrogen-bond donors (Lipinski definition) is 1. The monoisotopic (exact) mass is 241 g/mol. The molecule has 0 aromatic heterocycles. The Morgan fingerprint density at radius 3 is 2.78 bits per heavy atom. The van der Waals surface area contributed by atoms with E-state index in [-0.39, 0.29) is 5.60 Å². The van der Waals surface area contributed by atoms with Gasteiger partial charge in [-0.05, 0) is 42.7 Å². The molecule has 2 aromatic rings. The van der Waals surface area contributed by atoms with Crippen LogP contribution in [0.4, 0.5) is 5.69 Å². The summed E-state index contributed by atoms with van der Waals surface area (Å²) in [5, 5.41) is 6.06. The Labute approximate surface area is 108 Å². The standard InChI is InChI=1S/C16H19NO/c1-16(9-4-10-18-16)12-17-15-8-7-13-5-2-3-6-14(13)11-15/h2-3,5-8,11,17H,4,9-10,12H2,1H3. The molecule has 1 fully saturated rings. The second-order valence-electron chi connectivity index (χ2n) is 5.32. The minimum Gasteiger partial charge on any atom is -0.382 e. The van der Waals surface area contributed by atoms with Gasteiger partial charge in [-0.2, -0.15) is 0 Å². The van der Waals surface area contributed by atoms with Gasteiger partial charge in [0.15, 0.2) is 0 Å². The summed E-state index contributed by atoms with van der Waals surface area (Å²) < 4.78 is 5.79. The van der Waals surface area contributed by atoms with E-state index in [4.69, 9.17) is 4.74 Å². The van der Waals surface area contributed by atoms with E-state index in [0.29, 0.717) is 0 Å². The molecule has 2 nitrogen and oxygen atoms in total. The second kappa shape index (κ2) is 4.62. The summed E-state index contributed by atoms with van der Waals surface area (Å²) >= 11 is 0. The van der Waals surface area contributed by atoms with Gasteiger partial charge in [0.2, 0.25) is 0 Å². The van der Waals surface area contributed by atoms with Gasteiger partial charge < -0.3 is 10.1 Å². The van der Waals surface area contributed by atoms with E-state index in [1.165, 1.54) is 22.9 Å². The predicted octanol–water partition coefficient (Wildman–Crippen LogP) is 3.82. The van der Waals surface area contributed by atoms with Gasteiger partial charge in [-0.3, -0.25) is 0 Å². The quantitative estimate of drug-likeness (QED) is 0.882. The topological polar surface area (TPSA) is 21.3 Å². The van der Waals surface area contributed by atoms with Gasteiger partial charge in [-0.15, -0.1) is 0 Å². The Hall–Kier alpha value is -1.54. The molecule has 1 heterocycles. The van der Waals surface area contributed by atoms with E-state index < -0.39 is 0 Å². The van der Waals surface area contributed by atoms with Crippen LogP contribution in [-0.2, 0) is 4.74 Å². The average molecular weight is 241 g/mol. The first-order valence-corrected chi connectivity index (χ1v) is 6.62. The third-order valence-electron chi connectivity index (χ3n) is 3.72. The van der Waals surface area contributed by atoms with Crippen molar-refractivity contribution >= 4 is 16.5 Å². The maximum absolute atomic E-state index is 5.79. The van der Waals surface area contributed by atoms with Crippen molar-refractivity contribution in [3.63, 3.8) is 0 Å². The fourth-order valence-electron chi connectivity index (χ4n) is 2.56. The molecular formula is C16H19NO. The summed E-state index contributed by atoms with van der Waals surface area (Å²) in [6, 6.07) is 14.9. The molecule has 0 radical (unpaired) electrons. The van der Waals surface area contributed by atoms with Crippen molar-refractivity contribution in [1.29, 1.82) is 0 Å². The maximum Gasteiger partial charge on any atom is 0.0826 e. The lowest BCUT2D eigenvalue weighted by Crippen LogP contribution is -2.32. The van der Waals surface area contributed by atoms with Crippen LogP contribution in [0.2, 0.25) is 0 Å². The van der Waals surface area contributed by atoms with Gasteiger partial charge in [-0.1, -0.05) is 30.3 Å². The molecule has 3 rings (SSSR count). The van der Waals surface area contributed by atoms with E-state index in [9.17, 15) is 0 Å². The van der Waals surface area contributed by atoms with Crippen molar-refractivity contribution in [2.75, 3.05) is 18.5 Å². The molecule has 2 heteroatoms. The van der Waals surface area contributed by atoms with Gasteiger partial charge >= 0.3 is 0 Å². The molecular weight excluding hydrogens is 222 g/mol. The van der Waals surface area contributed by atoms with Crippen molar-refractivity contribution in [1.82, 2.24) is 0 Å². The van der Waals surface area contributed by atoms with Crippen LogP contribution in [0.15, 0.2) is 42.5 Å². The number of rotatable bonds is 3. The van der Waals surface area contributed by atoms with Crippen LogP contribution in [0.5, 0.6) is 0 Å². The first kappa shape index (κ1) is 11.5. The lowest BCUT2D eigenvalue weighted by Gasteiger charge is -2.24. The van der Waals surface area contributed by atoms with Crippen LogP contribution >= 0.6 is 0 Å².